The minimum Gasteiger partial charge on any atom is -0.468 e. The third kappa shape index (κ3) is 3.51. The number of aryl methyl sites for hydroxylation is 1. The molecule has 2 rings (SSSR count). The van der Waals surface area contributed by atoms with E-state index in [0.717, 1.165) is 18.5 Å². The SMILES string of the molecule is COC(=O)C(C)(CN(C)c1cccc(C)c1)NC1CC1. The maximum absolute atomic E-state index is 12.1. The number of rotatable bonds is 6. The molecule has 20 heavy (non-hydrogen) atoms. The van der Waals surface area contributed by atoms with E-state index < -0.39 is 5.54 Å². The van der Waals surface area contributed by atoms with Crippen molar-refractivity contribution in [2.45, 2.75) is 38.3 Å². The maximum Gasteiger partial charge on any atom is 0.327 e. The highest BCUT2D eigenvalue weighted by Gasteiger charge is 2.40. The number of benzene rings is 1. The summed E-state index contributed by atoms with van der Waals surface area (Å²) in [6.07, 6.45) is 2.28. The van der Waals surface area contributed by atoms with E-state index in [1.54, 1.807) is 0 Å². The van der Waals surface area contributed by atoms with Crippen LogP contribution in [-0.2, 0) is 9.53 Å². The largest absolute Gasteiger partial charge is 0.468 e. The van der Waals surface area contributed by atoms with Crippen molar-refractivity contribution in [3.63, 3.8) is 0 Å². The van der Waals surface area contributed by atoms with Crippen molar-refractivity contribution >= 4 is 11.7 Å². The van der Waals surface area contributed by atoms with Gasteiger partial charge in [-0.2, -0.15) is 0 Å². The van der Waals surface area contributed by atoms with Gasteiger partial charge in [0.1, 0.15) is 5.54 Å². The molecule has 0 amide bonds. The molecule has 0 bridgehead atoms. The molecule has 0 spiro atoms. The Hall–Kier alpha value is -1.55. The first-order valence-corrected chi connectivity index (χ1v) is 7.08. The number of methoxy groups -OCH3 is 1. The molecular formula is C16H24N2O2. The zero-order chi connectivity index (χ0) is 14.8. The van der Waals surface area contributed by atoms with Crippen molar-refractivity contribution in [2.24, 2.45) is 0 Å². The molecule has 1 aromatic rings. The molecule has 4 heteroatoms. The van der Waals surface area contributed by atoms with Crippen LogP contribution < -0.4 is 10.2 Å². The van der Waals surface area contributed by atoms with Crippen molar-refractivity contribution in [3.8, 4) is 0 Å². The van der Waals surface area contributed by atoms with Gasteiger partial charge in [-0.15, -0.1) is 0 Å². The molecule has 1 aliphatic rings. The molecule has 0 heterocycles. The second-order valence-electron chi connectivity index (χ2n) is 5.94. The van der Waals surface area contributed by atoms with Gasteiger partial charge < -0.3 is 9.64 Å². The minimum absolute atomic E-state index is 0.205. The summed E-state index contributed by atoms with van der Waals surface area (Å²) in [5.74, 6) is -0.205. The van der Waals surface area contributed by atoms with Crippen LogP contribution in [0.1, 0.15) is 25.3 Å². The average molecular weight is 276 g/mol. The number of ether oxygens (including phenoxy) is 1. The summed E-state index contributed by atoms with van der Waals surface area (Å²) in [5, 5.41) is 3.42. The van der Waals surface area contributed by atoms with E-state index in [0.29, 0.717) is 12.6 Å². The van der Waals surface area contributed by atoms with E-state index in [2.05, 4.69) is 35.3 Å². The first kappa shape index (κ1) is 14.9. The quantitative estimate of drug-likeness (QED) is 0.808. The molecule has 110 valence electrons. The van der Waals surface area contributed by atoms with E-state index >= 15 is 0 Å². The average Bonchev–Trinajstić information content (AvgIpc) is 3.21. The molecule has 0 aromatic heterocycles. The van der Waals surface area contributed by atoms with Gasteiger partial charge in [0.05, 0.1) is 7.11 Å². The summed E-state index contributed by atoms with van der Waals surface area (Å²) in [7, 11) is 3.45. The molecule has 0 saturated heterocycles. The fraction of sp³-hybridized carbons (Fsp3) is 0.562. The first-order chi connectivity index (χ1) is 9.44. The van der Waals surface area contributed by atoms with E-state index in [1.807, 2.05) is 20.0 Å². The van der Waals surface area contributed by atoms with Crippen molar-refractivity contribution in [3.05, 3.63) is 29.8 Å². The zero-order valence-corrected chi connectivity index (χ0v) is 12.8. The normalized spacial score (nSPS) is 17.4. The fourth-order valence-electron chi connectivity index (χ4n) is 2.50. The van der Waals surface area contributed by atoms with Gasteiger partial charge in [-0.05, 0) is 44.4 Å². The van der Waals surface area contributed by atoms with Gasteiger partial charge in [0.25, 0.3) is 0 Å². The number of esters is 1. The number of nitrogens with one attached hydrogen (secondary N) is 1. The third-order valence-electron chi connectivity index (χ3n) is 3.73. The monoisotopic (exact) mass is 276 g/mol. The van der Waals surface area contributed by atoms with E-state index in [-0.39, 0.29) is 5.97 Å². The summed E-state index contributed by atoms with van der Waals surface area (Å²) in [6, 6.07) is 8.73. The van der Waals surface area contributed by atoms with Crippen molar-refractivity contribution in [1.29, 1.82) is 0 Å². The lowest BCUT2D eigenvalue weighted by Crippen LogP contribution is -2.57. The van der Waals surface area contributed by atoms with Gasteiger partial charge in [-0.25, -0.2) is 4.79 Å². The highest BCUT2D eigenvalue weighted by molar-refractivity contribution is 5.81. The number of likely N-dealkylation sites (N-methyl/N-ethyl adjacent to an activating group) is 1. The molecule has 1 aliphatic carbocycles. The highest BCUT2D eigenvalue weighted by atomic mass is 16.5. The molecule has 0 radical (unpaired) electrons. The summed E-state index contributed by atoms with van der Waals surface area (Å²) in [6.45, 7) is 4.57. The molecular weight excluding hydrogens is 252 g/mol. The van der Waals surface area contributed by atoms with Gasteiger partial charge in [0.2, 0.25) is 0 Å². The fourth-order valence-corrected chi connectivity index (χ4v) is 2.50. The Labute approximate surface area is 121 Å². The van der Waals surface area contributed by atoms with Crippen LogP contribution in [0.2, 0.25) is 0 Å². The number of nitrogens with zero attached hydrogens (tertiary/aromatic N) is 1. The van der Waals surface area contributed by atoms with Crippen molar-refractivity contribution in [2.75, 3.05) is 25.6 Å². The van der Waals surface area contributed by atoms with Crippen LogP contribution in [0.5, 0.6) is 0 Å². The van der Waals surface area contributed by atoms with Crippen molar-refractivity contribution < 1.29 is 9.53 Å². The Kier molecular flexibility index (Phi) is 4.33. The predicted octanol–water partition coefficient (Wildman–Crippen LogP) is 2.11. The van der Waals surface area contributed by atoms with Crippen LogP contribution in [0.15, 0.2) is 24.3 Å². The molecule has 1 atom stereocenters. The Morgan fingerprint density at radius 2 is 2.20 bits per heavy atom. The number of hydrogen-bond acceptors (Lipinski definition) is 4. The smallest absolute Gasteiger partial charge is 0.327 e. The molecule has 0 aliphatic heterocycles. The lowest BCUT2D eigenvalue weighted by molar-refractivity contribution is -0.147. The Bertz CT molecular complexity index is 485. The topological polar surface area (TPSA) is 41.6 Å². The highest BCUT2D eigenvalue weighted by Crippen LogP contribution is 2.25. The summed E-state index contributed by atoms with van der Waals surface area (Å²) in [5.41, 5.74) is 1.65. The molecule has 1 fully saturated rings. The lowest BCUT2D eigenvalue weighted by atomic mass is 10.0. The molecule has 1 aromatic carbocycles. The molecule has 1 N–H and O–H groups in total. The number of anilines is 1. The Morgan fingerprint density at radius 3 is 2.75 bits per heavy atom. The maximum atomic E-state index is 12.1. The summed E-state index contributed by atoms with van der Waals surface area (Å²) in [4.78, 5) is 14.2. The summed E-state index contributed by atoms with van der Waals surface area (Å²) < 4.78 is 4.98. The minimum atomic E-state index is -0.672. The zero-order valence-electron chi connectivity index (χ0n) is 12.8. The number of hydrogen-bond donors (Lipinski definition) is 1. The first-order valence-electron chi connectivity index (χ1n) is 7.08. The lowest BCUT2D eigenvalue weighted by Gasteiger charge is -2.33. The number of carbonyl (C=O) groups is 1. The molecule has 1 unspecified atom stereocenters. The van der Waals surface area contributed by atoms with Gasteiger partial charge >= 0.3 is 5.97 Å². The molecule has 1 saturated carbocycles. The van der Waals surface area contributed by atoms with Gasteiger partial charge in [-0.3, -0.25) is 5.32 Å². The van der Waals surface area contributed by atoms with Crippen LogP contribution >= 0.6 is 0 Å². The van der Waals surface area contributed by atoms with Gasteiger partial charge in [0.15, 0.2) is 0 Å². The third-order valence-corrected chi connectivity index (χ3v) is 3.73. The Balaban J connectivity index is 2.12. The van der Waals surface area contributed by atoms with Gasteiger partial charge in [-0.1, -0.05) is 12.1 Å². The second-order valence-corrected chi connectivity index (χ2v) is 5.94. The second kappa shape index (κ2) is 5.83. The van der Waals surface area contributed by atoms with Crippen LogP contribution in [-0.4, -0.2) is 38.3 Å². The molecule has 4 nitrogen and oxygen atoms in total. The van der Waals surface area contributed by atoms with E-state index in [1.165, 1.54) is 12.7 Å². The van der Waals surface area contributed by atoms with Crippen molar-refractivity contribution in [1.82, 2.24) is 5.32 Å². The predicted molar refractivity (Wildman–Crippen MR) is 81.0 cm³/mol. The van der Waals surface area contributed by atoms with Gasteiger partial charge in [0, 0.05) is 25.3 Å². The van der Waals surface area contributed by atoms with Crippen LogP contribution in [0.4, 0.5) is 5.69 Å². The Morgan fingerprint density at radius 1 is 1.50 bits per heavy atom. The van der Waals surface area contributed by atoms with Crippen LogP contribution in [0.3, 0.4) is 0 Å². The summed E-state index contributed by atoms with van der Waals surface area (Å²) >= 11 is 0. The van der Waals surface area contributed by atoms with E-state index in [9.17, 15) is 4.79 Å². The van der Waals surface area contributed by atoms with E-state index in [4.69, 9.17) is 4.74 Å². The van der Waals surface area contributed by atoms with Crippen LogP contribution in [0.25, 0.3) is 0 Å². The van der Waals surface area contributed by atoms with Crippen LogP contribution in [0, 0.1) is 6.92 Å². The standard InChI is InChI=1S/C16H24N2O2/c1-12-6-5-7-14(10-12)18(3)11-16(2,15(19)20-4)17-13-8-9-13/h5-7,10,13,17H,8-9,11H2,1-4H3. The number of carbonyl (C=O) groups excluding carboxylic acids is 1.